The molecule has 0 spiro atoms. The SMILES string of the molecule is COc1ccccc1CC(=O)Nc1ccc(N2CC[C@@H](Nc3cccnn3)C2)nn1. The number of amides is 1. The van der Waals surface area contributed by atoms with Crippen LogP contribution in [-0.2, 0) is 11.2 Å². The number of nitrogens with zero attached hydrogens (tertiary/aromatic N) is 5. The number of benzene rings is 1. The van der Waals surface area contributed by atoms with Crippen LogP contribution in [0.15, 0.2) is 54.7 Å². The van der Waals surface area contributed by atoms with E-state index in [1.54, 1.807) is 19.4 Å². The summed E-state index contributed by atoms with van der Waals surface area (Å²) in [5.41, 5.74) is 0.820. The second kappa shape index (κ2) is 9.17. The van der Waals surface area contributed by atoms with Crippen LogP contribution in [0.3, 0.4) is 0 Å². The topological polar surface area (TPSA) is 105 Å². The Morgan fingerprint density at radius 2 is 2.00 bits per heavy atom. The highest BCUT2D eigenvalue weighted by Crippen LogP contribution is 2.21. The summed E-state index contributed by atoms with van der Waals surface area (Å²) in [7, 11) is 1.59. The van der Waals surface area contributed by atoms with Crippen LogP contribution in [0, 0.1) is 0 Å². The van der Waals surface area contributed by atoms with Crippen molar-refractivity contribution in [2.45, 2.75) is 18.9 Å². The maximum absolute atomic E-state index is 12.3. The highest BCUT2D eigenvalue weighted by Gasteiger charge is 2.24. The number of hydrogen-bond acceptors (Lipinski definition) is 8. The molecule has 1 amide bonds. The van der Waals surface area contributed by atoms with Gasteiger partial charge in [0, 0.05) is 30.9 Å². The van der Waals surface area contributed by atoms with Gasteiger partial charge in [0.15, 0.2) is 11.6 Å². The van der Waals surface area contributed by atoms with Crippen LogP contribution in [0.5, 0.6) is 5.75 Å². The number of methoxy groups -OCH3 is 1. The number of nitrogens with one attached hydrogen (secondary N) is 2. The van der Waals surface area contributed by atoms with Gasteiger partial charge in [0.2, 0.25) is 5.91 Å². The molecule has 0 radical (unpaired) electrons. The molecular formula is C21H23N7O2. The van der Waals surface area contributed by atoms with Gasteiger partial charge in [0.25, 0.3) is 0 Å². The fraction of sp³-hybridized carbons (Fsp3) is 0.286. The first-order valence-corrected chi connectivity index (χ1v) is 9.76. The lowest BCUT2D eigenvalue weighted by Gasteiger charge is -2.17. The van der Waals surface area contributed by atoms with E-state index in [-0.39, 0.29) is 18.4 Å². The van der Waals surface area contributed by atoms with Gasteiger partial charge in [-0.2, -0.15) is 5.10 Å². The van der Waals surface area contributed by atoms with Crippen LogP contribution in [0.25, 0.3) is 0 Å². The van der Waals surface area contributed by atoms with Crippen LogP contribution in [0.4, 0.5) is 17.5 Å². The molecule has 2 aromatic heterocycles. The van der Waals surface area contributed by atoms with Gasteiger partial charge in [-0.25, -0.2) is 0 Å². The van der Waals surface area contributed by atoms with E-state index >= 15 is 0 Å². The molecule has 4 rings (SSSR count). The standard InChI is InChI=1S/C21H23N7O2/c1-30-17-6-3-2-5-15(17)13-21(29)24-19-8-9-20(27-26-19)28-12-10-16(14-28)23-18-7-4-11-22-25-18/h2-9,11,16H,10,12-14H2,1H3,(H,23,25)(H,24,26,29)/t16-/m1/s1. The van der Waals surface area contributed by atoms with Crippen molar-refractivity contribution in [3.8, 4) is 5.75 Å². The van der Waals surface area contributed by atoms with Crippen molar-refractivity contribution in [2.75, 3.05) is 35.7 Å². The molecule has 30 heavy (non-hydrogen) atoms. The molecule has 0 saturated carbocycles. The van der Waals surface area contributed by atoms with E-state index in [2.05, 4.69) is 35.9 Å². The lowest BCUT2D eigenvalue weighted by atomic mass is 10.1. The first-order chi connectivity index (χ1) is 14.7. The monoisotopic (exact) mass is 405 g/mol. The summed E-state index contributed by atoms with van der Waals surface area (Å²) in [6, 6.07) is 15.1. The number of anilines is 3. The summed E-state index contributed by atoms with van der Waals surface area (Å²) in [4.78, 5) is 14.5. The minimum atomic E-state index is -0.170. The van der Waals surface area contributed by atoms with Crippen molar-refractivity contribution in [3.05, 3.63) is 60.3 Å². The third-order valence-corrected chi connectivity index (χ3v) is 4.90. The van der Waals surface area contributed by atoms with Crippen molar-refractivity contribution >= 4 is 23.4 Å². The zero-order chi connectivity index (χ0) is 20.8. The first-order valence-electron chi connectivity index (χ1n) is 9.76. The molecule has 154 valence electrons. The highest BCUT2D eigenvalue weighted by molar-refractivity contribution is 5.91. The van der Waals surface area contributed by atoms with Crippen LogP contribution >= 0.6 is 0 Å². The number of carbonyl (C=O) groups excluding carboxylic acids is 1. The minimum absolute atomic E-state index is 0.170. The quantitative estimate of drug-likeness (QED) is 0.616. The number of para-hydroxylation sites is 1. The smallest absolute Gasteiger partial charge is 0.230 e. The zero-order valence-electron chi connectivity index (χ0n) is 16.7. The average molecular weight is 405 g/mol. The minimum Gasteiger partial charge on any atom is -0.496 e. The molecule has 1 atom stereocenters. The molecule has 0 aliphatic carbocycles. The maximum Gasteiger partial charge on any atom is 0.230 e. The number of hydrogen-bond donors (Lipinski definition) is 2. The molecule has 0 unspecified atom stereocenters. The molecule has 1 aliphatic rings. The van der Waals surface area contributed by atoms with Crippen LogP contribution in [-0.4, -0.2) is 52.5 Å². The highest BCUT2D eigenvalue weighted by atomic mass is 16.5. The summed E-state index contributed by atoms with van der Waals surface area (Å²) >= 11 is 0. The number of aromatic nitrogens is 4. The van der Waals surface area contributed by atoms with Crippen LogP contribution in [0.2, 0.25) is 0 Å². The van der Waals surface area contributed by atoms with E-state index in [0.29, 0.717) is 11.6 Å². The van der Waals surface area contributed by atoms with Gasteiger partial charge >= 0.3 is 0 Å². The third-order valence-electron chi connectivity index (χ3n) is 4.90. The summed E-state index contributed by atoms with van der Waals surface area (Å²) in [5.74, 6) is 2.49. The zero-order valence-corrected chi connectivity index (χ0v) is 16.7. The van der Waals surface area contributed by atoms with Crippen LogP contribution < -0.4 is 20.3 Å². The normalized spacial score (nSPS) is 15.6. The van der Waals surface area contributed by atoms with Gasteiger partial charge in [-0.05, 0) is 36.8 Å². The van der Waals surface area contributed by atoms with Crippen molar-refractivity contribution < 1.29 is 9.53 Å². The summed E-state index contributed by atoms with van der Waals surface area (Å²) in [6.07, 6.45) is 2.82. The third kappa shape index (κ3) is 4.80. The lowest BCUT2D eigenvalue weighted by molar-refractivity contribution is -0.115. The molecule has 3 heterocycles. The summed E-state index contributed by atoms with van der Waals surface area (Å²) < 4.78 is 5.29. The van der Waals surface area contributed by atoms with Crippen molar-refractivity contribution in [3.63, 3.8) is 0 Å². The predicted octanol–water partition coefficient (Wildman–Crippen LogP) is 2.15. The van der Waals surface area contributed by atoms with E-state index in [4.69, 9.17) is 4.74 Å². The van der Waals surface area contributed by atoms with Gasteiger partial charge in [0.05, 0.1) is 13.5 Å². The van der Waals surface area contributed by atoms with E-state index in [1.807, 2.05) is 42.5 Å². The predicted molar refractivity (Wildman–Crippen MR) is 114 cm³/mol. The van der Waals surface area contributed by atoms with Crippen molar-refractivity contribution in [1.29, 1.82) is 0 Å². The largest absolute Gasteiger partial charge is 0.496 e. The Morgan fingerprint density at radius 3 is 2.77 bits per heavy atom. The Labute approximate surface area is 174 Å². The lowest BCUT2D eigenvalue weighted by Crippen LogP contribution is -2.27. The fourth-order valence-electron chi connectivity index (χ4n) is 3.44. The summed E-state index contributed by atoms with van der Waals surface area (Å²) in [5, 5.41) is 22.5. The van der Waals surface area contributed by atoms with E-state index in [0.717, 1.165) is 36.7 Å². The summed E-state index contributed by atoms with van der Waals surface area (Å²) in [6.45, 7) is 1.66. The molecule has 1 fully saturated rings. The Hall–Kier alpha value is -3.75. The molecule has 1 aliphatic heterocycles. The molecule has 9 nitrogen and oxygen atoms in total. The van der Waals surface area contributed by atoms with Gasteiger partial charge in [-0.1, -0.05) is 18.2 Å². The molecular weight excluding hydrogens is 382 g/mol. The first kappa shape index (κ1) is 19.6. The van der Waals surface area contributed by atoms with Crippen LogP contribution in [0.1, 0.15) is 12.0 Å². The Morgan fingerprint density at radius 1 is 1.10 bits per heavy atom. The van der Waals surface area contributed by atoms with E-state index in [1.165, 1.54) is 0 Å². The number of ether oxygens (including phenoxy) is 1. The Bertz CT molecular complexity index is 982. The van der Waals surface area contributed by atoms with Crippen molar-refractivity contribution in [2.24, 2.45) is 0 Å². The van der Waals surface area contributed by atoms with Gasteiger partial charge in [-0.3, -0.25) is 4.79 Å². The molecule has 1 aromatic carbocycles. The molecule has 1 saturated heterocycles. The fourth-order valence-corrected chi connectivity index (χ4v) is 3.44. The van der Waals surface area contributed by atoms with Crippen molar-refractivity contribution in [1.82, 2.24) is 20.4 Å². The Kier molecular flexibility index (Phi) is 5.98. The second-order valence-corrected chi connectivity index (χ2v) is 7.00. The molecule has 9 heteroatoms. The van der Waals surface area contributed by atoms with Gasteiger partial charge in [0.1, 0.15) is 11.6 Å². The second-order valence-electron chi connectivity index (χ2n) is 7.00. The average Bonchev–Trinajstić information content (AvgIpc) is 3.24. The molecule has 2 N–H and O–H groups in total. The number of carbonyl (C=O) groups is 1. The van der Waals surface area contributed by atoms with E-state index in [9.17, 15) is 4.79 Å². The Balaban J connectivity index is 1.31. The van der Waals surface area contributed by atoms with Gasteiger partial charge < -0.3 is 20.3 Å². The molecule has 0 bridgehead atoms. The van der Waals surface area contributed by atoms with Gasteiger partial charge in [-0.15, -0.1) is 15.3 Å². The molecule has 3 aromatic rings. The number of rotatable bonds is 7. The maximum atomic E-state index is 12.3. The van der Waals surface area contributed by atoms with E-state index < -0.39 is 0 Å².